The molecule has 0 bridgehead atoms. The van der Waals surface area contributed by atoms with Crippen LogP contribution >= 0.6 is 28.1 Å². The van der Waals surface area contributed by atoms with Crippen LogP contribution in [0.1, 0.15) is 5.56 Å². The zero-order valence-electron chi connectivity index (χ0n) is 18.7. The summed E-state index contributed by atoms with van der Waals surface area (Å²) in [6, 6.07) is 25.9. The lowest BCUT2D eigenvalue weighted by Crippen LogP contribution is -2.54. The molecule has 2 heterocycles. The number of benzene rings is 3. The molecule has 0 radical (unpaired) electrons. The number of para-hydroxylation sites is 1. The van der Waals surface area contributed by atoms with E-state index in [1.807, 2.05) is 60.7 Å². The fourth-order valence-corrected chi connectivity index (χ4v) is 4.46. The molecule has 1 aliphatic heterocycles. The third-order valence-electron chi connectivity index (χ3n) is 5.46. The molecule has 4 aromatic rings. The Kier molecular flexibility index (Phi) is 6.71. The number of nitrogens with one attached hydrogen (secondary N) is 1. The summed E-state index contributed by atoms with van der Waals surface area (Å²) < 4.78 is 6.74. The van der Waals surface area contributed by atoms with Crippen molar-refractivity contribution in [3.63, 3.8) is 0 Å². The van der Waals surface area contributed by atoms with Crippen molar-refractivity contribution in [2.24, 2.45) is 0 Å². The SMILES string of the molecule is O=C1NC(=S)N(c2ccc(Oc3ccccc3)cc2)C(=O)/C1=C/c1cnccc1-c1cccc(Br)c1. The molecule has 1 aromatic heterocycles. The molecule has 8 heteroatoms. The summed E-state index contributed by atoms with van der Waals surface area (Å²) in [5.41, 5.74) is 2.85. The third-order valence-corrected chi connectivity index (χ3v) is 6.24. The van der Waals surface area contributed by atoms with Crippen molar-refractivity contribution >= 4 is 56.8 Å². The lowest BCUT2D eigenvalue weighted by molar-refractivity contribution is -0.122. The zero-order chi connectivity index (χ0) is 25.1. The number of halogens is 1. The lowest BCUT2D eigenvalue weighted by atomic mass is 9.99. The Hall–Kier alpha value is -4.14. The van der Waals surface area contributed by atoms with Gasteiger partial charge in [-0.15, -0.1) is 0 Å². The van der Waals surface area contributed by atoms with Crippen LogP contribution in [0.4, 0.5) is 5.69 Å². The Morgan fingerprint density at radius 3 is 2.42 bits per heavy atom. The van der Waals surface area contributed by atoms with Gasteiger partial charge in [0.25, 0.3) is 11.8 Å². The zero-order valence-corrected chi connectivity index (χ0v) is 21.1. The molecule has 0 saturated carbocycles. The second-order valence-electron chi connectivity index (χ2n) is 7.84. The number of carbonyl (C=O) groups is 2. The Balaban J connectivity index is 1.46. The number of pyridine rings is 1. The molecule has 1 saturated heterocycles. The number of ether oxygens (including phenoxy) is 1. The van der Waals surface area contributed by atoms with Gasteiger partial charge in [0, 0.05) is 22.4 Å². The molecule has 3 aromatic carbocycles. The van der Waals surface area contributed by atoms with E-state index >= 15 is 0 Å². The minimum absolute atomic E-state index is 0.0114. The predicted octanol–water partition coefficient (Wildman–Crippen LogP) is 6.13. The number of nitrogens with zero attached hydrogens (tertiary/aromatic N) is 2. The molecule has 1 aliphatic rings. The third kappa shape index (κ3) is 4.95. The first-order valence-corrected chi connectivity index (χ1v) is 12.1. The van der Waals surface area contributed by atoms with Crippen LogP contribution in [0.25, 0.3) is 17.2 Å². The predicted molar refractivity (Wildman–Crippen MR) is 147 cm³/mol. The van der Waals surface area contributed by atoms with Crippen molar-refractivity contribution < 1.29 is 14.3 Å². The molecule has 0 unspecified atom stereocenters. The summed E-state index contributed by atoms with van der Waals surface area (Å²) in [7, 11) is 0. The van der Waals surface area contributed by atoms with Gasteiger partial charge >= 0.3 is 0 Å². The summed E-state index contributed by atoms with van der Waals surface area (Å²) in [6.07, 6.45) is 4.83. The van der Waals surface area contributed by atoms with Crippen LogP contribution in [0.3, 0.4) is 0 Å². The van der Waals surface area contributed by atoms with Gasteiger partial charge in [0.1, 0.15) is 17.1 Å². The summed E-state index contributed by atoms with van der Waals surface area (Å²) in [6.45, 7) is 0. The highest BCUT2D eigenvalue weighted by Crippen LogP contribution is 2.30. The van der Waals surface area contributed by atoms with Crippen LogP contribution in [0.15, 0.2) is 107 Å². The summed E-state index contributed by atoms with van der Waals surface area (Å²) in [4.78, 5) is 31.8. The van der Waals surface area contributed by atoms with Gasteiger partial charge in [0.05, 0.1) is 5.69 Å². The van der Waals surface area contributed by atoms with Gasteiger partial charge in [-0.2, -0.15) is 0 Å². The van der Waals surface area contributed by atoms with Gasteiger partial charge in [-0.25, -0.2) is 0 Å². The summed E-state index contributed by atoms with van der Waals surface area (Å²) >= 11 is 8.82. The van der Waals surface area contributed by atoms with E-state index in [9.17, 15) is 9.59 Å². The van der Waals surface area contributed by atoms with Gasteiger partial charge in [-0.1, -0.05) is 46.3 Å². The van der Waals surface area contributed by atoms with Crippen molar-refractivity contribution in [3.8, 4) is 22.6 Å². The molecular weight excluding hydrogens is 538 g/mol. The first kappa shape index (κ1) is 23.6. The quantitative estimate of drug-likeness (QED) is 0.182. The Morgan fingerprint density at radius 1 is 0.917 bits per heavy atom. The maximum Gasteiger partial charge on any atom is 0.270 e. The van der Waals surface area contributed by atoms with E-state index in [0.29, 0.717) is 22.7 Å². The number of amides is 2. The Morgan fingerprint density at radius 2 is 1.67 bits per heavy atom. The number of carbonyl (C=O) groups excluding carboxylic acids is 2. The van der Waals surface area contributed by atoms with E-state index in [0.717, 1.165) is 15.6 Å². The average Bonchev–Trinajstić information content (AvgIpc) is 2.88. The van der Waals surface area contributed by atoms with Gasteiger partial charge in [0.15, 0.2) is 5.11 Å². The van der Waals surface area contributed by atoms with Gasteiger partial charge < -0.3 is 4.74 Å². The number of aromatic nitrogens is 1. The van der Waals surface area contributed by atoms with Crippen LogP contribution in [-0.2, 0) is 9.59 Å². The number of hydrogen-bond acceptors (Lipinski definition) is 5. The molecule has 0 atom stereocenters. The van der Waals surface area contributed by atoms with E-state index in [-0.39, 0.29) is 10.7 Å². The van der Waals surface area contributed by atoms with E-state index < -0.39 is 11.8 Å². The first-order chi connectivity index (χ1) is 17.5. The highest BCUT2D eigenvalue weighted by atomic mass is 79.9. The van der Waals surface area contributed by atoms with Gasteiger partial charge in [-0.05, 0) is 84.0 Å². The van der Waals surface area contributed by atoms with Crippen LogP contribution in [0.2, 0.25) is 0 Å². The largest absolute Gasteiger partial charge is 0.457 e. The van der Waals surface area contributed by atoms with Crippen molar-refractivity contribution in [1.29, 1.82) is 0 Å². The van der Waals surface area contributed by atoms with Crippen LogP contribution in [0, 0.1) is 0 Å². The molecule has 0 aliphatic carbocycles. The molecule has 1 N–H and O–H groups in total. The fraction of sp³-hybridized carbons (Fsp3) is 0. The maximum atomic E-state index is 13.5. The summed E-state index contributed by atoms with van der Waals surface area (Å²) in [5, 5.41) is 2.63. The average molecular weight is 556 g/mol. The molecule has 0 spiro atoms. The number of thiocarbonyl (C=S) groups is 1. The highest BCUT2D eigenvalue weighted by Gasteiger charge is 2.34. The van der Waals surface area contributed by atoms with E-state index in [4.69, 9.17) is 17.0 Å². The molecular formula is C28H18BrN3O3S. The van der Waals surface area contributed by atoms with Crippen molar-refractivity contribution in [1.82, 2.24) is 10.3 Å². The maximum absolute atomic E-state index is 13.5. The number of rotatable bonds is 5. The minimum Gasteiger partial charge on any atom is -0.457 e. The molecule has 176 valence electrons. The number of hydrogen-bond donors (Lipinski definition) is 1. The minimum atomic E-state index is -0.561. The van der Waals surface area contributed by atoms with E-state index in [1.54, 1.807) is 42.7 Å². The summed E-state index contributed by atoms with van der Waals surface area (Å²) in [5.74, 6) is 0.220. The van der Waals surface area contributed by atoms with Crippen LogP contribution in [-0.4, -0.2) is 21.9 Å². The molecule has 5 rings (SSSR count). The lowest BCUT2D eigenvalue weighted by Gasteiger charge is -2.29. The van der Waals surface area contributed by atoms with Crippen LogP contribution < -0.4 is 15.0 Å². The van der Waals surface area contributed by atoms with E-state index in [1.165, 1.54) is 4.90 Å². The molecule has 1 fully saturated rings. The standard InChI is InChI=1S/C28H18BrN3O3S/c29-20-6-4-5-18(15-20)24-13-14-30-17-19(24)16-25-26(33)31-28(36)32(27(25)34)21-9-11-23(12-10-21)35-22-7-2-1-3-8-22/h1-17H,(H,31,33,36)/b25-16+. The normalized spacial score (nSPS) is 14.6. The second-order valence-corrected chi connectivity index (χ2v) is 9.14. The van der Waals surface area contributed by atoms with Crippen molar-refractivity contribution in [3.05, 3.63) is 113 Å². The number of anilines is 1. The Labute approximate surface area is 221 Å². The topological polar surface area (TPSA) is 71.5 Å². The van der Waals surface area contributed by atoms with Gasteiger partial charge in [0.2, 0.25) is 0 Å². The molecule has 36 heavy (non-hydrogen) atoms. The van der Waals surface area contributed by atoms with Crippen molar-refractivity contribution in [2.45, 2.75) is 0 Å². The molecule has 2 amide bonds. The first-order valence-electron chi connectivity index (χ1n) is 10.9. The monoisotopic (exact) mass is 555 g/mol. The van der Waals surface area contributed by atoms with Crippen LogP contribution in [0.5, 0.6) is 11.5 Å². The smallest absolute Gasteiger partial charge is 0.270 e. The van der Waals surface area contributed by atoms with Crippen molar-refractivity contribution in [2.75, 3.05) is 4.90 Å². The van der Waals surface area contributed by atoms with Gasteiger partial charge in [-0.3, -0.25) is 24.8 Å². The van der Waals surface area contributed by atoms with E-state index in [2.05, 4.69) is 26.2 Å². The fourth-order valence-electron chi connectivity index (χ4n) is 3.78. The highest BCUT2D eigenvalue weighted by molar-refractivity contribution is 9.10. The molecule has 6 nitrogen and oxygen atoms in total. The Bertz CT molecular complexity index is 1500. The second kappa shape index (κ2) is 10.2.